The number of aromatic nitrogens is 4. The zero-order chi connectivity index (χ0) is 39.9. The largest absolute Gasteiger partial charge is 0.492 e. The molecule has 2 fully saturated rings. The van der Waals surface area contributed by atoms with Gasteiger partial charge in [-0.3, -0.25) is 10.2 Å². The second kappa shape index (κ2) is 17.4. The predicted molar refractivity (Wildman–Crippen MR) is 207 cm³/mol. The quantitative estimate of drug-likeness (QED) is 0.121. The zero-order valence-electron chi connectivity index (χ0n) is 34.2. The number of likely N-dealkylation sites (tertiary alicyclic amines) is 2. The molecular formula is C38H68N6O8Si. The van der Waals surface area contributed by atoms with Gasteiger partial charge in [0.25, 0.3) is 0 Å². The van der Waals surface area contributed by atoms with Crippen molar-refractivity contribution in [3.8, 4) is 11.8 Å². The first-order valence-corrected chi connectivity index (χ1v) is 22.0. The highest BCUT2D eigenvalue weighted by atomic mass is 28.4. The minimum atomic E-state index is -1.77. The number of carbonyl (C=O) groups excluding carboxylic acids is 2. The van der Waals surface area contributed by atoms with E-state index in [4.69, 9.17) is 13.9 Å². The summed E-state index contributed by atoms with van der Waals surface area (Å²) in [7, 11) is -1.77. The Morgan fingerprint density at radius 3 is 1.42 bits per heavy atom. The number of hydrogen-bond donors (Lipinski definition) is 5. The van der Waals surface area contributed by atoms with Gasteiger partial charge in [0.2, 0.25) is 11.8 Å². The Bertz CT molecular complexity index is 1460. The van der Waals surface area contributed by atoms with Gasteiger partial charge in [-0.25, -0.2) is 9.59 Å². The highest BCUT2D eigenvalue weighted by molar-refractivity contribution is 6.74. The number of ether oxygens (including phenoxy) is 2. The van der Waals surface area contributed by atoms with Crippen LogP contribution in [0.5, 0.6) is 11.8 Å². The van der Waals surface area contributed by atoms with Crippen LogP contribution in [0.1, 0.15) is 125 Å². The van der Waals surface area contributed by atoms with Gasteiger partial charge in [0.05, 0.1) is 0 Å². The normalized spacial score (nSPS) is 17.9. The van der Waals surface area contributed by atoms with E-state index in [0.29, 0.717) is 32.6 Å². The molecule has 0 atom stereocenters. The summed E-state index contributed by atoms with van der Waals surface area (Å²) in [4.78, 5) is 28.1. The fraction of sp³-hybridized carbons (Fsp3) is 0.789. The molecule has 0 saturated carbocycles. The van der Waals surface area contributed by atoms with E-state index >= 15 is 0 Å². The Balaban J connectivity index is 0.000000295. The molecule has 4 rings (SSSR count). The van der Waals surface area contributed by atoms with Crippen LogP contribution < -0.4 is 0 Å². The van der Waals surface area contributed by atoms with Crippen molar-refractivity contribution in [2.45, 2.75) is 154 Å². The molecule has 15 heteroatoms. The Hall–Kier alpha value is -3.30. The molecule has 4 heterocycles. The van der Waals surface area contributed by atoms with Crippen LogP contribution in [0.2, 0.25) is 18.1 Å². The third-order valence-corrected chi connectivity index (χ3v) is 15.4. The molecule has 14 nitrogen and oxygen atoms in total. The summed E-state index contributed by atoms with van der Waals surface area (Å²) in [5.74, 6) is -0.0191. The SMILES string of the molecule is CC(C)(C)OC(=O)N1CCC(CCCO)(c2cc(O)n[nH]2)CC1.CC(C)(C)OC(=O)N1CCC(CCCO[Si](C)(C)C(C)(C)C)(c2cc(O)n[nH]2)CC1. The van der Waals surface area contributed by atoms with E-state index in [1.165, 1.54) is 0 Å². The van der Waals surface area contributed by atoms with E-state index in [1.54, 1.807) is 21.9 Å². The third kappa shape index (κ3) is 12.6. The van der Waals surface area contributed by atoms with Crippen LogP contribution in [0.4, 0.5) is 9.59 Å². The van der Waals surface area contributed by atoms with Crippen LogP contribution in [-0.4, -0.2) is 117 Å². The van der Waals surface area contributed by atoms with E-state index in [2.05, 4.69) is 54.3 Å². The van der Waals surface area contributed by atoms with Crippen molar-refractivity contribution in [1.82, 2.24) is 30.2 Å². The molecule has 0 unspecified atom stereocenters. The number of aromatic hydroxyl groups is 2. The van der Waals surface area contributed by atoms with Gasteiger partial charge in [-0.1, -0.05) is 20.8 Å². The van der Waals surface area contributed by atoms with Crippen molar-refractivity contribution < 1.29 is 38.8 Å². The predicted octanol–water partition coefficient (Wildman–Crippen LogP) is 7.34. The van der Waals surface area contributed by atoms with E-state index in [-0.39, 0.29) is 46.4 Å². The lowest BCUT2D eigenvalue weighted by atomic mass is 9.72. The molecule has 2 aromatic rings. The number of aliphatic hydroxyl groups is 1. The maximum absolute atomic E-state index is 12.5. The molecule has 2 amide bonds. The summed E-state index contributed by atoms with van der Waals surface area (Å²) < 4.78 is 17.3. The average molecular weight is 765 g/mol. The maximum atomic E-state index is 12.5. The first-order chi connectivity index (χ1) is 24.4. The second-order valence-corrected chi connectivity index (χ2v) is 23.1. The fourth-order valence-electron chi connectivity index (χ4n) is 6.73. The number of nitrogens with one attached hydrogen (secondary N) is 2. The number of H-pyrrole nitrogens is 2. The highest BCUT2D eigenvalue weighted by Crippen LogP contribution is 2.42. The van der Waals surface area contributed by atoms with Gasteiger partial charge in [0.15, 0.2) is 8.32 Å². The molecule has 0 aromatic carbocycles. The first-order valence-electron chi connectivity index (χ1n) is 19.1. The Kier molecular flexibility index (Phi) is 14.5. The van der Waals surface area contributed by atoms with E-state index in [0.717, 1.165) is 62.9 Å². The molecule has 2 saturated heterocycles. The lowest BCUT2D eigenvalue weighted by molar-refractivity contribution is 0.0142. The van der Waals surface area contributed by atoms with Gasteiger partial charge in [0, 0.05) is 73.7 Å². The van der Waals surface area contributed by atoms with Crippen molar-refractivity contribution in [1.29, 1.82) is 0 Å². The van der Waals surface area contributed by atoms with E-state index in [1.807, 2.05) is 41.5 Å². The van der Waals surface area contributed by atoms with Crippen LogP contribution in [-0.2, 0) is 24.7 Å². The zero-order valence-corrected chi connectivity index (χ0v) is 35.2. The minimum Gasteiger partial charge on any atom is -0.492 e. The van der Waals surface area contributed by atoms with Crippen LogP contribution in [0.25, 0.3) is 0 Å². The van der Waals surface area contributed by atoms with Gasteiger partial charge < -0.3 is 39.0 Å². The summed E-state index contributed by atoms with van der Waals surface area (Å²) in [6, 6.07) is 3.36. The standard InChI is InChI=1S/C22H41N3O4Si.C16H27N3O4/c1-20(2,3)29-19(27)25-13-11-22(12-14-25,17-16-18(26)24-23-17)10-9-15-28-30(7,8)21(4,5)6;1-15(2,3)23-14(22)19-8-6-16(7-9-19,5-4-10-20)12-11-13(21)18-17-12/h16H,9-15H2,1-8H3,(H2,23,24,26);11,20H,4-10H2,1-3H3,(H2,17,18,21). The summed E-state index contributed by atoms with van der Waals surface area (Å²) in [6.45, 7) is 25.8. The number of carbonyl (C=O) groups is 2. The molecule has 302 valence electrons. The fourth-order valence-corrected chi connectivity index (χ4v) is 7.82. The lowest BCUT2D eigenvalue weighted by Gasteiger charge is -2.42. The molecule has 5 N–H and O–H groups in total. The van der Waals surface area contributed by atoms with Gasteiger partial charge >= 0.3 is 12.2 Å². The van der Waals surface area contributed by atoms with Crippen molar-refractivity contribution in [2.75, 3.05) is 39.4 Å². The van der Waals surface area contributed by atoms with Crippen LogP contribution in [0, 0.1) is 0 Å². The molecule has 0 aliphatic carbocycles. The molecule has 2 aromatic heterocycles. The number of nitrogens with zero attached hydrogens (tertiary/aromatic N) is 4. The van der Waals surface area contributed by atoms with Gasteiger partial charge in [0.1, 0.15) is 11.2 Å². The molecule has 0 spiro atoms. The number of hydrogen-bond acceptors (Lipinski definition) is 10. The smallest absolute Gasteiger partial charge is 0.410 e. The summed E-state index contributed by atoms with van der Waals surface area (Å²) >= 11 is 0. The van der Waals surface area contributed by atoms with Crippen molar-refractivity contribution in [3.63, 3.8) is 0 Å². The Labute approximate surface area is 317 Å². The third-order valence-electron chi connectivity index (χ3n) is 10.9. The van der Waals surface area contributed by atoms with Gasteiger partial charge in [-0.05, 0) is 111 Å². The van der Waals surface area contributed by atoms with Crippen molar-refractivity contribution >= 4 is 20.5 Å². The summed E-state index contributed by atoms with van der Waals surface area (Å²) in [5, 5.41) is 42.3. The van der Waals surface area contributed by atoms with Gasteiger partial charge in [-0.2, -0.15) is 0 Å². The number of piperidine rings is 2. The van der Waals surface area contributed by atoms with Crippen LogP contribution in [0.3, 0.4) is 0 Å². The van der Waals surface area contributed by atoms with E-state index in [9.17, 15) is 24.9 Å². The summed E-state index contributed by atoms with van der Waals surface area (Å²) in [5.41, 5.74) is 0.460. The van der Waals surface area contributed by atoms with Crippen molar-refractivity contribution in [2.24, 2.45) is 0 Å². The molecule has 2 aliphatic heterocycles. The number of amides is 2. The molecule has 2 aliphatic rings. The highest BCUT2D eigenvalue weighted by Gasteiger charge is 2.42. The number of aliphatic hydroxyl groups excluding tert-OH is 1. The lowest BCUT2D eigenvalue weighted by Crippen LogP contribution is -2.47. The molecular weight excluding hydrogens is 697 g/mol. The second-order valence-electron chi connectivity index (χ2n) is 18.3. The monoisotopic (exact) mass is 764 g/mol. The molecule has 0 radical (unpaired) electrons. The van der Waals surface area contributed by atoms with E-state index < -0.39 is 19.5 Å². The number of rotatable bonds is 10. The van der Waals surface area contributed by atoms with Gasteiger partial charge in [-0.15, -0.1) is 10.2 Å². The summed E-state index contributed by atoms with van der Waals surface area (Å²) in [6.07, 6.45) is 5.85. The first kappa shape index (κ1) is 44.1. The number of aromatic amines is 2. The maximum Gasteiger partial charge on any atom is 0.410 e. The minimum absolute atomic E-state index is 0.0106. The average Bonchev–Trinajstić information content (AvgIpc) is 3.69. The molecule has 0 bridgehead atoms. The van der Waals surface area contributed by atoms with Crippen LogP contribution in [0.15, 0.2) is 12.1 Å². The topological polar surface area (TPSA) is 186 Å². The van der Waals surface area contributed by atoms with Crippen LogP contribution >= 0.6 is 0 Å². The molecule has 53 heavy (non-hydrogen) atoms. The Morgan fingerprint density at radius 1 is 0.736 bits per heavy atom. The Morgan fingerprint density at radius 2 is 1.11 bits per heavy atom. The van der Waals surface area contributed by atoms with Crippen molar-refractivity contribution in [3.05, 3.63) is 23.5 Å².